The first kappa shape index (κ1) is 14.0. The number of carbonyl (C=O) groups is 1. The van der Waals surface area contributed by atoms with E-state index in [2.05, 4.69) is 10.1 Å². The fourth-order valence-electron chi connectivity index (χ4n) is 3.25. The zero-order valence-corrected chi connectivity index (χ0v) is 13.1. The van der Waals surface area contributed by atoms with Crippen molar-refractivity contribution in [2.75, 3.05) is 6.54 Å². The van der Waals surface area contributed by atoms with Crippen LogP contribution in [0.3, 0.4) is 0 Å². The predicted octanol–water partition coefficient (Wildman–Crippen LogP) is 2.14. The largest absolute Gasteiger partial charge is 0.332 e. The summed E-state index contributed by atoms with van der Waals surface area (Å²) >= 11 is 0. The van der Waals surface area contributed by atoms with E-state index in [-0.39, 0.29) is 11.9 Å². The molecular weight excluding hydrogens is 290 g/mol. The van der Waals surface area contributed by atoms with Crippen LogP contribution in [0.5, 0.6) is 0 Å². The van der Waals surface area contributed by atoms with Gasteiger partial charge in [0, 0.05) is 31.3 Å². The Hall–Kier alpha value is -2.63. The van der Waals surface area contributed by atoms with Gasteiger partial charge in [0.2, 0.25) is 0 Å². The molecule has 1 aliphatic heterocycles. The normalized spacial score (nSPS) is 18.0. The number of pyridine rings is 1. The Labute approximate surface area is 134 Å². The highest BCUT2D eigenvalue weighted by molar-refractivity contribution is 5.93. The highest BCUT2D eigenvalue weighted by Crippen LogP contribution is 2.21. The van der Waals surface area contributed by atoms with Crippen LogP contribution < -0.4 is 0 Å². The molecule has 3 aromatic heterocycles. The number of hydrogen-bond donors (Lipinski definition) is 0. The van der Waals surface area contributed by atoms with Crippen molar-refractivity contribution < 1.29 is 4.79 Å². The van der Waals surface area contributed by atoms with Gasteiger partial charge in [-0.1, -0.05) is 0 Å². The van der Waals surface area contributed by atoms with Gasteiger partial charge in [-0.15, -0.1) is 0 Å². The molecule has 0 N–H and O–H groups in total. The first-order valence-corrected chi connectivity index (χ1v) is 7.94. The minimum Gasteiger partial charge on any atom is -0.332 e. The van der Waals surface area contributed by atoms with E-state index in [0.717, 1.165) is 37.1 Å². The monoisotopic (exact) mass is 309 g/mol. The number of fused-ring (bicyclic) bond motifs is 1. The highest BCUT2D eigenvalue weighted by Gasteiger charge is 2.31. The maximum Gasteiger partial charge on any atom is 0.274 e. The zero-order chi connectivity index (χ0) is 15.8. The number of nitrogens with zero attached hydrogens (tertiary/aromatic N) is 5. The lowest BCUT2D eigenvalue weighted by Crippen LogP contribution is -2.38. The van der Waals surface area contributed by atoms with Crippen molar-refractivity contribution in [2.24, 2.45) is 0 Å². The van der Waals surface area contributed by atoms with Gasteiger partial charge in [0.1, 0.15) is 11.3 Å². The van der Waals surface area contributed by atoms with Crippen LogP contribution in [-0.4, -0.2) is 42.6 Å². The Morgan fingerprint density at radius 1 is 1.39 bits per heavy atom. The molecule has 0 bridgehead atoms. The van der Waals surface area contributed by atoms with Crippen LogP contribution in [0, 0.1) is 6.92 Å². The predicted molar refractivity (Wildman–Crippen MR) is 86.2 cm³/mol. The van der Waals surface area contributed by atoms with Crippen molar-refractivity contribution >= 4 is 11.6 Å². The van der Waals surface area contributed by atoms with Crippen LogP contribution in [-0.2, 0) is 6.54 Å². The first-order valence-electron chi connectivity index (χ1n) is 7.94. The third kappa shape index (κ3) is 2.60. The minimum atomic E-state index is 0.0148. The Morgan fingerprint density at radius 2 is 2.30 bits per heavy atom. The summed E-state index contributed by atoms with van der Waals surface area (Å²) in [5.41, 5.74) is 2.47. The number of aryl methyl sites for hydroxylation is 1. The van der Waals surface area contributed by atoms with E-state index in [1.54, 1.807) is 6.20 Å². The number of likely N-dealkylation sites (tertiary alicyclic amines) is 1. The molecule has 0 radical (unpaired) electrons. The molecule has 4 rings (SSSR count). The summed E-state index contributed by atoms with van der Waals surface area (Å²) in [6.07, 6.45) is 9.52. The molecule has 0 saturated carbocycles. The van der Waals surface area contributed by atoms with Crippen molar-refractivity contribution in [1.82, 2.24) is 24.1 Å². The molecular formula is C17H19N5O. The Balaban J connectivity index is 1.58. The third-order valence-corrected chi connectivity index (χ3v) is 4.43. The summed E-state index contributed by atoms with van der Waals surface area (Å²) in [6.45, 7) is 3.56. The molecule has 3 aromatic rings. The molecule has 6 heteroatoms. The van der Waals surface area contributed by atoms with Crippen molar-refractivity contribution in [3.05, 3.63) is 54.2 Å². The van der Waals surface area contributed by atoms with Gasteiger partial charge in [-0.2, -0.15) is 5.10 Å². The second-order valence-corrected chi connectivity index (χ2v) is 6.12. The Bertz CT molecular complexity index is 836. The molecule has 1 aliphatic rings. The minimum absolute atomic E-state index is 0.0148. The lowest BCUT2D eigenvalue weighted by atomic mass is 10.2. The summed E-state index contributed by atoms with van der Waals surface area (Å²) in [7, 11) is 0. The number of hydrogen-bond acceptors (Lipinski definition) is 3. The number of amides is 1. The first-order chi connectivity index (χ1) is 11.2. The van der Waals surface area contributed by atoms with Gasteiger partial charge in [-0.25, -0.2) is 4.98 Å². The molecule has 1 atom stereocenters. The number of carbonyl (C=O) groups excluding carboxylic acids is 1. The van der Waals surface area contributed by atoms with Gasteiger partial charge in [0.15, 0.2) is 0 Å². The Kier molecular flexibility index (Phi) is 3.37. The van der Waals surface area contributed by atoms with Gasteiger partial charge in [-0.05, 0) is 43.5 Å². The molecule has 4 heterocycles. The fourth-order valence-corrected chi connectivity index (χ4v) is 3.25. The number of rotatable bonds is 3. The van der Waals surface area contributed by atoms with Crippen LogP contribution in [0.2, 0.25) is 0 Å². The van der Waals surface area contributed by atoms with Gasteiger partial charge < -0.3 is 9.30 Å². The summed E-state index contributed by atoms with van der Waals surface area (Å²) < 4.78 is 3.79. The summed E-state index contributed by atoms with van der Waals surface area (Å²) in [5, 5.41) is 4.25. The standard InChI is InChI=1S/C17H19N5O/c1-13-5-9-20-12-15(19-16(20)10-13)17(23)22-8-2-4-14(22)11-21-7-3-6-18-21/h3,5-7,9-10,12,14H,2,4,8,11H2,1H3/t14-/m1/s1. The van der Waals surface area contributed by atoms with Crippen molar-refractivity contribution in [2.45, 2.75) is 32.4 Å². The average Bonchev–Trinajstić information content (AvgIpc) is 3.26. The molecule has 1 saturated heterocycles. The van der Waals surface area contributed by atoms with Gasteiger partial charge in [0.05, 0.1) is 12.6 Å². The van der Waals surface area contributed by atoms with Crippen LogP contribution in [0.1, 0.15) is 28.9 Å². The van der Waals surface area contributed by atoms with Crippen molar-refractivity contribution in [3.63, 3.8) is 0 Å². The third-order valence-electron chi connectivity index (χ3n) is 4.43. The SMILES string of the molecule is Cc1ccn2cc(C(=O)N3CCC[C@@H]3Cn3cccn3)nc2c1. The van der Waals surface area contributed by atoms with Crippen molar-refractivity contribution in [3.8, 4) is 0 Å². The van der Waals surface area contributed by atoms with Crippen LogP contribution in [0.4, 0.5) is 0 Å². The molecule has 1 fully saturated rings. The fraction of sp³-hybridized carbons (Fsp3) is 0.353. The van der Waals surface area contributed by atoms with E-state index in [0.29, 0.717) is 5.69 Å². The maximum absolute atomic E-state index is 12.9. The number of imidazole rings is 1. The average molecular weight is 309 g/mol. The topological polar surface area (TPSA) is 55.4 Å². The van der Waals surface area contributed by atoms with Crippen molar-refractivity contribution in [1.29, 1.82) is 0 Å². The Morgan fingerprint density at radius 3 is 3.13 bits per heavy atom. The van der Waals surface area contributed by atoms with Gasteiger partial charge >= 0.3 is 0 Å². The van der Waals surface area contributed by atoms with E-state index < -0.39 is 0 Å². The van der Waals surface area contributed by atoms with Crippen LogP contribution in [0.25, 0.3) is 5.65 Å². The molecule has 0 aliphatic carbocycles. The molecule has 0 aromatic carbocycles. The van der Waals surface area contributed by atoms with E-state index >= 15 is 0 Å². The van der Waals surface area contributed by atoms with E-state index in [1.807, 2.05) is 57.7 Å². The van der Waals surface area contributed by atoms with E-state index in [4.69, 9.17) is 0 Å². The number of aromatic nitrogens is 4. The zero-order valence-electron chi connectivity index (χ0n) is 13.1. The second-order valence-electron chi connectivity index (χ2n) is 6.12. The summed E-state index contributed by atoms with van der Waals surface area (Å²) in [4.78, 5) is 19.3. The molecule has 118 valence electrons. The van der Waals surface area contributed by atoms with Gasteiger partial charge in [0.25, 0.3) is 5.91 Å². The van der Waals surface area contributed by atoms with Gasteiger partial charge in [-0.3, -0.25) is 9.48 Å². The second kappa shape index (κ2) is 5.53. The van der Waals surface area contributed by atoms with Crippen LogP contribution in [0.15, 0.2) is 43.0 Å². The molecule has 0 spiro atoms. The molecule has 1 amide bonds. The summed E-state index contributed by atoms with van der Waals surface area (Å²) in [6, 6.07) is 6.10. The lowest BCUT2D eigenvalue weighted by molar-refractivity contribution is 0.0716. The molecule has 23 heavy (non-hydrogen) atoms. The van der Waals surface area contributed by atoms with E-state index in [9.17, 15) is 4.79 Å². The van der Waals surface area contributed by atoms with E-state index in [1.165, 1.54) is 0 Å². The summed E-state index contributed by atoms with van der Waals surface area (Å²) in [5.74, 6) is 0.0148. The quantitative estimate of drug-likeness (QED) is 0.745. The maximum atomic E-state index is 12.9. The smallest absolute Gasteiger partial charge is 0.274 e. The van der Waals surface area contributed by atoms with Crippen LogP contribution >= 0.6 is 0 Å². The lowest BCUT2D eigenvalue weighted by Gasteiger charge is -2.23. The highest BCUT2D eigenvalue weighted by atomic mass is 16.2. The molecule has 0 unspecified atom stereocenters. The molecule has 6 nitrogen and oxygen atoms in total.